The Bertz CT molecular complexity index is 1100. The molecule has 1 N–H and O–H groups in total. The van der Waals surface area contributed by atoms with Gasteiger partial charge in [0.1, 0.15) is 19.8 Å². The Labute approximate surface area is 197 Å². The van der Waals surface area contributed by atoms with Crippen LogP contribution in [0.15, 0.2) is 29.2 Å². The van der Waals surface area contributed by atoms with E-state index in [-0.39, 0.29) is 60.2 Å². The summed E-state index contributed by atoms with van der Waals surface area (Å²) in [6.07, 6.45) is 9.39. The number of ether oxygens (including phenoxy) is 3. The second kappa shape index (κ2) is 12.6. The molecule has 1 saturated carbocycles. The lowest BCUT2D eigenvalue weighted by Gasteiger charge is -2.21. The summed E-state index contributed by atoms with van der Waals surface area (Å²) in [5.74, 6) is 5.51. The van der Waals surface area contributed by atoms with E-state index < -0.39 is 4.92 Å². The molecule has 10 heteroatoms. The Morgan fingerprint density at radius 2 is 1.88 bits per heavy atom. The molecule has 0 bridgehead atoms. The van der Waals surface area contributed by atoms with Gasteiger partial charge in [0, 0.05) is 18.3 Å². The maximum Gasteiger partial charge on any atom is 0.351 e. The first-order valence-electron chi connectivity index (χ1n) is 11.3. The van der Waals surface area contributed by atoms with Gasteiger partial charge in [-0.3, -0.25) is 14.7 Å². The first-order valence-corrected chi connectivity index (χ1v) is 11.3. The fourth-order valence-electron chi connectivity index (χ4n) is 3.99. The van der Waals surface area contributed by atoms with E-state index in [0.29, 0.717) is 0 Å². The second-order valence-electron chi connectivity index (χ2n) is 7.93. The fraction of sp³-hybridized carbons (Fsp3) is 0.500. The normalized spacial score (nSPS) is 14.3. The molecule has 0 spiro atoms. The summed E-state index contributed by atoms with van der Waals surface area (Å²) in [6.45, 7) is -0.557. The van der Waals surface area contributed by atoms with Gasteiger partial charge in [-0.1, -0.05) is 43.9 Å². The van der Waals surface area contributed by atoms with Gasteiger partial charge in [0.05, 0.1) is 23.7 Å². The smallest absolute Gasteiger partial charge is 0.351 e. The third-order valence-corrected chi connectivity index (χ3v) is 5.71. The van der Waals surface area contributed by atoms with Crippen LogP contribution in [0, 0.1) is 22.0 Å². The number of aromatic nitrogens is 2. The zero-order valence-corrected chi connectivity index (χ0v) is 19.2. The Balaban J connectivity index is 1.75. The number of aliphatic hydroxyl groups excluding tert-OH is 1. The lowest BCUT2D eigenvalue weighted by molar-refractivity contribution is -0.385. The zero-order chi connectivity index (χ0) is 24.3. The number of rotatable bonds is 8. The molecule has 182 valence electrons. The van der Waals surface area contributed by atoms with Crippen molar-refractivity contribution in [2.45, 2.75) is 57.6 Å². The van der Waals surface area contributed by atoms with Gasteiger partial charge in [0.2, 0.25) is 5.88 Å². The molecule has 34 heavy (non-hydrogen) atoms. The highest BCUT2D eigenvalue weighted by atomic mass is 16.6. The summed E-state index contributed by atoms with van der Waals surface area (Å²) in [7, 11) is 1.41. The standard InChI is InChI=1S/C24H29N3O7/c1-32-21-15-18(20(27(30)31)16-22(21)33-14-8-7-13-28)17-34-23-11-12-26(24(29)25-23)19-9-5-3-2-4-6-10-19/h11-12,15-16,19,28H,2-6,9-10,13-14,17H2,1H3. The number of hydrogen-bond donors (Lipinski definition) is 1. The molecule has 1 fully saturated rings. The summed E-state index contributed by atoms with van der Waals surface area (Å²) in [4.78, 5) is 27.7. The maximum absolute atomic E-state index is 12.6. The van der Waals surface area contributed by atoms with E-state index in [2.05, 4.69) is 16.8 Å². The van der Waals surface area contributed by atoms with Crippen molar-refractivity contribution in [2.75, 3.05) is 20.3 Å². The molecule has 0 aliphatic heterocycles. The zero-order valence-electron chi connectivity index (χ0n) is 19.2. The highest BCUT2D eigenvalue weighted by Crippen LogP contribution is 2.35. The van der Waals surface area contributed by atoms with Crippen LogP contribution in [-0.2, 0) is 6.61 Å². The highest BCUT2D eigenvalue weighted by Gasteiger charge is 2.21. The van der Waals surface area contributed by atoms with Crippen LogP contribution >= 0.6 is 0 Å². The minimum Gasteiger partial charge on any atom is -0.493 e. The number of aliphatic hydroxyl groups is 1. The molecule has 1 aliphatic rings. The fourth-order valence-corrected chi connectivity index (χ4v) is 3.99. The van der Waals surface area contributed by atoms with Crippen molar-refractivity contribution in [3.8, 4) is 29.2 Å². The van der Waals surface area contributed by atoms with Crippen LogP contribution < -0.4 is 19.9 Å². The largest absolute Gasteiger partial charge is 0.493 e. The van der Waals surface area contributed by atoms with Crippen molar-refractivity contribution in [2.24, 2.45) is 0 Å². The van der Waals surface area contributed by atoms with E-state index >= 15 is 0 Å². The number of nitrogens with zero attached hydrogens (tertiary/aromatic N) is 3. The van der Waals surface area contributed by atoms with Gasteiger partial charge in [-0.05, 0) is 18.9 Å². The van der Waals surface area contributed by atoms with Crippen LogP contribution in [0.2, 0.25) is 0 Å². The van der Waals surface area contributed by atoms with Crippen LogP contribution in [0.25, 0.3) is 0 Å². The summed E-state index contributed by atoms with van der Waals surface area (Å²) in [6, 6.07) is 4.43. The second-order valence-corrected chi connectivity index (χ2v) is 7.93. The topological polar surface area (TPSA) is 126 Å². The van der Waals surface area contributed by atoms with Gasteiger partial charge < -0.3 is 19.3 Å². The molecule has 1 aliphatic carbocycles. The molecular formula is C24H29N3O7. The van der Waals surface area contributed by atoms with Crippen molar-refractivity contribution >= 4 is 5.69 Å². The van der Waals surface area contributed by atoms with E-state index in [1.807, 2.05) is 0 Å². The summed E-state index contributed by atoms with van der Waals surface area (Å²) < 4.78 is 18.0. The monoisotopic (exact) mass is 471 g/mol. The number of methoxy groups -OCH3 is 1. The van der Waals surface area contributed by atoms with Crippen molar-refractivity contribution in [1.82, 2.24) is 9.55 Å². The van der Waals surface area contributed by atoms with Gasteiger partial charge in [0.15, 0.2) is 11.5 Å². The van der Waals surface area contributed by atoms with Crippen molar-refractivity contribution in [3.63, 3.8) is 0 Å². The third-order valence-electron chi connectivity index (χ3n) is 5.71. The van der Waals surface area contributed by atoms with E-state index in [9.17, 15) is 14.9 Å². The van der Waals surface area contributed by atoms with Crippen LogP contribution in [0.4, 0.5) is 5.69 Å². The van der Waals surface area contributed by atoms with Crippen molar-refractivity contribution in [3.05, 3.63) is 50.6 Å². The van der Waals surface area contributed by atoms with Gasteiger partial charge in [-0.15, -0.1) is 0 Å². The maximum atomic E-state index is 12.6. The molecule has 2 aromatic rings. The van der Waals surface area contributed by atoms with Crippen molar-refractivity contribution < 1.29 is 24.2 Å². The average Bonchev–Trinajstić information content (AvgIpc) is 2.80. The molecule has 1 aromatic heterocycles. The molecule has 0 unspecified atom stereocenters. The highest BCUT2D eigenvalue weighted by molar-refractivity contribution is 5.54. The molecule has 0 saturated heterocycles. The van der Waals surface area contributed by atoms with Crippen LogP contribution in [0.3, 0.4) is 0 Å². The Kier molecular flexibility index (Phi) is 9.29. The Morgan fingerprint density at radius 3 is 2.53 bits per heavy atom. The van der Waals surface area contributed by atoms with Crippen LogP contribution in [0.1, 0.15) is 56.6 Å². The minimum atomic E-state index is -0.551. The van der Waals surface area contributed by atoms with Gasteiger partial charge in [-0.25, -0.2) is 4.79 Å². The quantitative estimate of drug-likeness (QED) is 0.353. The predicted octanol–water partition coefficient (Wildman–Crippen LogP) is 3.40. The first kappa shape index (κ1) is 25.1. The molecule has 0 atom stereocenters. The van der Waals surface area contributed by atoms with Crippen LogP contribution in [-0.4, -0.2) is 39.9 Å². The average molecular weight is 472 g/mol. The first-order chi connectivity index (χ1) is 16.5. The molecule has 1 aromatic carbocycles. The van der Waals surface area contributed by atoms with E-state index in [4.69, 9.17) is 19.3 Å². The van der Waals surface area contributed by atoms with Gasteiger partial charge >= 0.3 is 5.69 Å². The SMILES string of the molecule is COc1cc(COc2ccn(C3CCCCCCC3)c(=O)n2)c([N+](=O)[O-])cc1OCC#CCO. The summed E-state index contributed by atoms with van der Waals surface area (Å²) >= 11 is 0. The van der Waals surface area contributed by atoms with E-state index in [1.54, 1.807) is 16.8 Å². The van der Waals surface area contributed by atoms with Gasteiger partial charge in [0.25, 0.3) is 5.69 Å². The molecule has 3 rings (SSSR count). The molecular weight excluding hydrogens is 442 g/mol. The number of nitro benzene ring substituents is 1. The summed E-state index contributed by atoms with van der Waals surface area (Å²) in [5.41, 5.74) is -0.377. The number of nitro groups is 1. The molecule has 10 nitrogen and oxygen atoms in total. The molecule has 0 radical (unpaired) electrons. The summed E-state index contributed by atoms with van der Waals surface area (Å²) in [5, 5.41) is 20.3. The van der Waals surface area contributed by atoms with E-state index in [0.717, 1.165) is 25.7 Å². The van der Waals surface area contributed by atoms with Crippen LogP contribution in [0.5, 0.6) is 17.4 Å². The third kappa shape index (κ3) is 6.71. The number of hydrogen-bond acceptors (Lipinski definition) is 8. The van der Waals surface area contributed by atoms with E-state index in [1.165, 1.54) is 38.5 Å². The lowest BCUT2D eigenvalue weighted by atomic mass is 9.96. The number of benzene rings is 1. The lowest BCUT2D eigenvalue weighted by Crippen LogP contribution is -2.27. The van der Waals surface area contributed by atoms with Crippen molar-refractivity contribution in [1.29, 1.82) is 0 Å². The van der Waals surface area contributed by atoms with Gasteiger partial charge in [-0.2, -0.15) is 4.98 Å². The predicted molar refractivity (Wildman–Crippen MR) is 124 cm³/mol. The Morgan fingerprint density at radius 1 is 1.15 bits per heavy atom. The Hall–Kier alpha value is -3.58. The molecule has 0 amide bonds. The molecule has 1 heterocycles. The minimum absolute atomic E-state index is 0.0644.